The molecule has 0 amide bonds. The normalized spacial score (nSPS) is 12.8. The Morgan fingerprint density at radius 3 is 2.35 bits per heavy atom. The van der Waals surface area contributed by atoms with Crippen LogP contribution in [-0.2, 0) is 14.8 Å². The molecule has 5 nitrogen and oxygen atoms in total. The van der Waals surface area contributed by atoms with Gasteiger partial charge in [0, 0.05) is 7.05 Å². The lowest BCUT2D eigenvalue weighted by molar-refractivity contribution is -0.121. The second kappa shape index (κ2) is 8.11. The molecular weight excluding hydrogens is 314 g/mol. The Hall–Kier alpha value is -1.88. The molecule has 0 fully saturated rings. The Labute approximate surface area is 138 Å². The van der Waals surface area contributed by atoms with Gasteiger partial charge >= 0.3 is 0 Å². The molecule has 0 N–H and O–H groups in total. The van der Waals surface area contributed by atoms with Gasteiger partial charge in [0.1, 0.15) is 18.1 Å². The maximum Gasteiger partial charge on any atom is 0.243 e. The Balaban J connectivity index is 3.03. The summed E-state index contributed by atoms with van der Waals surface area (Å²) in [6.45, 7) is 8.79. The van der Waals surface area contributed by atoms with Gasteiger partial charge in [-0.3, -0.25) is 4.79 Å². The first-order valence-electron chi connectivity index (χ1n) is 7.27. The van der Waals surface area contributed by atoms with Crippen molar-refractivity contribution in [3.05, 3.63) is 42.7 Å². The third-order valence-corrected chi connectivity index (χ3v) is 5.27. The zero-order valence-corrected chi connectivity index (χ0v) is 14.8. The van der Waals surface area contributed by atoms with Gasteiger partial charge in [0.15, 0.2) is 0 Å². The molecule has 1 aromatic rings. The van der Waals surface area contributed by atoms with Crippen LogP contribution < -0.4 is 4.74 Å². The first-order valence-corrected chi connectivity index (χ1v) is 8.71. The highest BCUT2D eigenvalue weighted by Crippen LogP contribution is 2.23. The van der Waals surface area contributed by atoms with E-state index in [-0.39, 0.29) is 16.6 Å². The molecular formula is C17H23NO4S. The summed E-state index contributed by atoms with van der Waals surface area (Å²) in [4.78, 5) is 11.9. The van der Waals surface area contributed by atoms with Crippen molar-refractivity contribution < 1.29 is 17.9 Å². The highest BCUT2D eigenvalue weighted by atomic mass is 32.2. The lowest BCUT2D eigenvalue weighted by Crippen LogP contribution is -2.44. The molecule has 1 unspecified atom stereocenters. The molecule has 0 radical (unpaired) electrons. The van der Waals surface area contributed by atoms with Crippen molar-refractivity contribution in [2.75, 3.05) is 13.7 Å². The first kappa shape index (κ1) is 19.2. The topological polar surface area (TPSA) is 63.7 Å². The predicted octanol–water partition coefficient (Wildman–Crippen LogP) is 2.64. The van der Waals surface area contributed by atoms with E-state index >= 15 is 0 Å². The summed E-state index contributed by atoms with van der Waals surface area (Å²) < 4.78 is 31.8. The quantitative estimate of drug-likeness (QED) is 0.684. The number of sulfonamides is 1. The number of nitrogens with zero attached hydrogens (tertiary/aromatic N) is 1. The van der Waals surface area contributed by atoms with E-state index in [2.05, 4.69) is 12.3 Å². The minimum Gasteiger partial charge on any atom is -0.489 e. The number of hydrogen-bond donors (Lipinski definition) is 0. The van der Waals surface area contributed by atoms with Crippen LogP contribution in [0.2, 0.25) is 0 Å². The van der Waals surface area contributed by atoms with E-state index < -0.39 is 16.1 Å². The summed E-state index contributed by atoms with van der Waals surface area (Å²) in [6, 6.07) is 5.41. The highest BCUT2D eigenvalue weighted by Gasteiger charge is 2.32. The fourth-order valence-electron chi connectivity index (χ4n) is 2.37. The number of ether oxygens (including phenoxy) is 1. The van der Waals surface area contributed by atoms with E-state index in [1.54, 1.807) is 18.2 Å². The Bertz CT molecular complexity index is 686. The average Bonchev–Trinajstić information content (AvgIpc) is 2.47. The van der Waals surface area contributed by atoms with Crippen molar-refractivity contribution >= 4 is 15.8 Å². The molecule has 0 aliphatic carbocycles. The van der Waals surface area contributed by atoms with Gasteiger partial charge in [-0.15, -0.1) is 5.73 Å². The maximum absolute atomic E-state index is 12.7. The van der Waals surface area contributed by atoms with Crippen molar-refractivity contribution in [1.29, 1.82) is 0 Å². The van der Waals surface area contributed by atoms with Crippen LogP contribution in [0.4, 0.5) is 0 Å². The lowest BCUT2D eigenvalue weighted by Gasteiger charge is -2.28. The van der Waals surface area contributed by atoms with Crippen molar-refractivity contribution in [3.63, 3.8) is 0 Å². The fraction of sp³-hybridized carbons (Fsp3) is 0.412. The van der Waals surface area contributed by atoms with Crippen LogP contribution in [0.15, 0.2) is 47.5 Å². The second-order valence-corrected chi connectivity index (χ2v) is 7.51. The van der Waals surface area contributed by atoms with E-state index in [0.717, 1.165) is 4.31 Å². The number of hydrogen-bond acceptors (Lipinski definition) is 4. The van der Waals surface area contributed by atoms with Crippen LogP contribution in [0.1, 0.15) is 20.8 Å². The molecule has 0 saturated carbocycles. The molecule has 0 heterocycles. The molecule has 0 saturated heterocycles. The summed E-state index contributed by atoms with van der Waals surface area (Å²) in [7, 11) is -2.31. The summed E-state index contributed by atoms with van der Waals surface area (Å²) in [5.41, 5.74) is 2.59. The smallest absolute Gasteiger partial charge is 0.243 e. The predicted molar refractivity (Wildman–Crippen MR) is 89.9 cm³/mol. The van der Waals surface area contributed by atoms with Crippen LogP contribution in [0.3, 0.4) is 0 Å². The van der Waals surface area contributed by atoms with E-state index in [0.29, 0.717) is 12.4 Å². The van der Waals surface area contributed by atoms with Crippen LogP contribution in [0, 0.1) is 5.92 Å². The zero-order valence-electron chi connectivity index (χ0n) is 13.9. The number of benzene rings is 1. The molecule has 1 rings (SSSR count). The highest BCUT2D eigenvalue weighted by molar-refractivity contribution is 7.89. The molecule has 1 atom stereocenters. The Morgan fingerprint density at radius 1 is 1.35 bits per heavy atom. The summed E-state index contributed by atoms with van der Waals surface area (Å²) in [5.74, 6) is 0.257. The van der Waals surface area contributed by atoms with Gasteiger partial charge < -0.3 is 4.74 Å². The zero-order chi connectivity index (χ0) is 17.6. The van der Waals surface area contributed by atoms with Gasteiger partial charge in [0.05, 0.1) is 10.9 Å². The van der Waals surface area contributed by atoms with Gasteiger partial charge in [-0.05, 0) is 43.2 Å². The van der Waals surface area contributed by atoms with Gasteiger partial charge in [-0.2, -0.15) is 4.31 Å². The molecule has 6 heteroatoms. The standard InChI is InChI=1S/C17H23NO4S/c1-6-7-12-22-15-8-10-16(11-9-15)23(20,21)18(5)17(13(2)3)14(4)19/h7-11,13,17H,1,12H2,2-5H3. The third kappa shape index (κ3) is 4.79. The largest absolute Gasteiger partial charge is 0.489 e. The summed E-state index contributed by atoms with van der Waals surface area (Å²) in [5, 5.41) is 0. The number of ketones is 1. The molecule has 0 bridgehead atoms. The number of carbonyl (C=O) groups is 1. The van der Waals surface area contributed by atoms with E-state index in [1.165, 1.54) is 26.1 Å². The van der Waals surface area contributed by atoms with Crippen molar-refractivity contribution in [3.8, 4) is 5.75 Å². The first-order chi connectivity index (χ1) is 10.7. The Kier molecular flexibility index (Phi) is 6.76. The van der Waals surface area contributed by atoms with Crippen LogP contribution in [0.25, 0.3) is 0 Å². The van der Waals surface area contributed by atoms with E-state index in [9.17, 15) is 13.2 Å². The third-order valence-electron chi connectivity index (χ3n) is 3.42. The summed E-state index contributed by atoms with van der Waals surface area (Å²) in [6.07, 6.45) is 1.62. The minimum atomic E-state index is -3.74. The van der Waals surface area contributed by atoms with Crippen LogP contribution >= 0.6 is 0 Å². The number of likely N-dealkylation sites (N-methyl/N-ethyl adjacent to an activating group) is 1. The molecule has 0 aromatic heterocycles. The molecule has 0 aliphatic heterocycles. The van der Waals surface area contributed by atoms with Gasteiger partial charge in [0.25, 0.3) is 0 Å². The second-order valence-electron chi connectivity index (χ2n) is 5.51. The maximum atomic E-state index is 12.7. The average molecular weight is 337 g/mol. The van der Waals surface area contributed by atoms with E-state index in [1.807, 2.05) is 13.8 Å². The number of carbonyl (C=O) groups excluding carboxylic acids is 1. The molecule has 0 aliphatic rings. The molecule has 126 valence electrons. The van der Waals surface area contributed by atoms with Crippen molar-refractivity contribution in [1.82, 2.24) is 4.31 Å². The number of Topliss-reactive ketones (excluding diaryl/α,β-unsaturated/α-hetero) is 1. The van der Waals surface area contributed by atoms with E-state index in [4.69, 9.17) is 4.74 Å². The fourth-order valence-corrected chi connectivity index (χ4v) is 3.87. The molecule has 23 heavy (non-hydrogen) atoms. The monoisotopic (exact) mass is 337 g/mol. The molecule has 0 spiro atoms. The van der Waals surface area contributed by atoms with Crippen molar-refractivity contribution in [2.24, 2.45) is 5.92 Å². The van der Waals surface area contributed by atoms with Gasteiger partial charge in [0.2, 0.25) is 10.0 Å². The van der Waals surface area contributed by atoms with Crippen LogP contribution in [-0.4, -0.2) is 38.2 Å². The van der Waals surface area contributed by atoms with Crippen LogP contribution in [0.5, 0.6) is 5.75 Å². The number of rotatable bonds is 8. The minimum absolute atomic E-state index is 0.111. The Morgan fingerprint density at radius 2 is 1.91 bits per heavy atom. The van der Waals surface area contributed by atoms with Gasteiger partial charge in [-0.1, -0.05) is 20.4 Å². The summed E-state index contributed by atoms with van der Waals surface area (Å²) >= 11 is 0. The lowest BCUT2D eigenvalue weighted by atomic mass is 10.0. The van der Waals surface area contributed by atoms with Gasteiger partial charge in [-0.25, -0.2) is 8.42 Å². The molecule has 1 aromatic carbocycles. The van der Waals surface area contributed by atoms with Crippen molar-refractivity contribution in [2.45, 2.75) is 31.7 Å². The SMILES string of the molecule is C=C=CCOc1ccc(S(=O)(=O)N(C)C(C(C)=O)C(C)C)cc1.